The van der Waals surface area contributed by atoms with E-state index in [0.717, 1.165) is 23.3 Å². The highest BCUT2D eigenvalue weighted by atomic mass is 32.2. The lowest BCUT2D eigenvalue weighted by Gasteiger charge is -2.06. The molecular formula is C12H13F2N3S2. The Labute approximate surface area is 118 Å². The molecule has 7 heteroatoms. The molecule has 0 atom stereocenters. The quantitative estimate of drug-likeness (QED) is 0.918. The van der Waals surface area contributed by atoms with Crippen LogP contribution in [-0.4, -0.2) is 16.7 Å². The van der Waals surface area contributed by atoms with E-state index >= 15 is 0 Å². The van der Waals surface area contributed by atoms with E-state index in [9.17, 15) is 8.78 Å². The smallest absolute Gasteiger partial charge is 0.179 e. The minimum atomic E-state index is -0.564. The van der Waals surface area contributed by atoms with Crippen LogP contribution in [0.15, 0.2) is 21.4 Å². The maximum Gasteiger partial charge on any atom is 0.179 e. The number of rotatable bonds is 5. The maximum atomic E-state index is 13.9. The van der Waals surface area contributed by atoms with Crippen LogP contribution < -0.4 is 5.32 Å². The summed E-state index contributed by atoms with van der Waals surface area (Å²) >= 11 is 2.28. The van der Waals surface area contributed by atoms with Crippen molar-refractivity contribution in [3.05, 3.63) is 34.3 Å². The Balaban J connectivity index is 2.21. The van der Waals surface area contributed by atoms with Crippen molar-refractivity contribution in [1.29, 1.82) is 0 Å². The molecule has 0 aliphatic carbocycles. The molecule has 0 saturated heterocycles. The van der Waals surface area contributed by atoms with Gasteiger partial charge in [-0.2, -0.15) is 0 Å². The average Bonchev–Trinajstić information content (AvgIpc) is 2.77. The largest absolute Gasteiger partial charge is 0.313 e. The van der Waals surface area contributed by atoms with Gasteiger partial charge < -0.3 is 5.32 Å². The van der Waals surface area contributed by atoms with Gasteiger partial charge in [-0.15, -0.1) is 10.2 Å². The number of hydrogen-bond acceptors (Lipinski definition) is 5. The second-order valence-electron chi connectivity index (χ2n) is 3.86. The standard InChI is InChI=1S/C12H13F2N3S2/c1-3-15-6-8-4-9(13)11(10(14)5-8)19-12-17-16-7(2)18-12/h4-5,15H,3,6H2,1-2H3. The predicted octanol–water partition coefficient (Wildman–Crippen LogP) is 3.39. The lowest BCUT2D eigenvalue weighted by molar-refractivity contribution is 0.535. The van der Waals surface area contributed by atoms with Crippen LogP contribution in [0.4, 0.5) is 8.78 Å². The van der Waals surface area contributed by atoms with E-state index < -0.39 is 11.6 Å². The number of benzene rings is 1. The zero-order valence-electron chi connectivity index (χ0n) is 10.5. The van der Waals surface area contributed by atoms with Crippen LogP contribution in [0.5, 0.6) is 0 Å². The summed E-state index contributed by atoms with van der Waals surface area (Å²) in [7, 11) is 0. The molecule has 0 radical (unpaired) electrons. The van der Waals surface area contributed by atoms with E-state index in [1.165, 1.54) is 23.5 Å². The predicted molar refractivity (Wildman–Crippen MR) is 72.5 cm³/mol. The zero-order chi connectivity index (χ0) is 13.8. The summed E-state index contributed by atoms with van der Waals surface area (Å²) in [6.07, 6.45) is 0. The molecule has 0 aliphatic rings. The third-order valence-corrected chi connectivity index (χ3v) is 4.32. The topological polar surface area (TPSA) is 37.8 Å². The molecule has 0 unspecified atom stereocenters. The Morgan fingerprint density at radius 2 is 1.95 bits per heavy atom. The average molecular weight is 301 g/mol. The fourth-order valence-corrected chi connectivity index (χ4v) is 3.25. The van der Waals surface area contributed by atoms with Crippen LogP contribution in [0, 0.1) is 18.6 Å². The van der Waals surface area contributed by atoms with Crippen LogP contribution in [0.3, 0.4) is 0 Å². The Hall–Kier alpha value is -1.05. The van der Waals surface area contributed by atoms with Gasteiger partial charge in [0.2, 0.25) is 0 Å². The number of hydrogen-bond donors (Lipinski definition) is 1. The fourth-order valence-electron chi connectivity index (χ4n) is 1.49. The Kier molecular flexibility index (Phi) is 4.84. The first kappa shape index (κ1) is 14.4. The number of halogens is 2. The van der Waals surface area contributed by atoms with Crippen molar-refractivity contribution in [3.8, 4) is 0 Å². The summed E-state index contributed by atoms with van der Waals surface area (Å²) in [5.41, 5.74) is 0.592. The molecule has 0 amide bonds. The highest BCUT2D eigenvalue weighted by Gasteiger charge is 2.14. The molecule has 0 saturated carbocycles. The number of aromatic nitrogens is 2. The first-order valence-electron chi connectivity index (χ1n) is 5.76. The maximum absolute atomic E-state index is 13.9. The summed E-state index contributed by atoms with van der Waals surface area (Å²) in [5, 5.41) is 11.5. The van der Waals surface area contributed by atoms with Gasteiger partial charge in [-0.25, -0.2) is 8.78 Å². The van der Waals surface area contributed by atoms with Gasteiger partial charge in [0, 0.05) is 6.54 Å². The van der Waals surface area contributed by atoms with E-state index in [1.54, 1.807) is 6.92 Å². The normalized spacial score (nSPS) is 10.9. The van der Waals surface area contributed by atoms with Crippen molar-refractivity contribution in [3.63, 3.8) is 0 Å². The molecule has 1 aromatic heterocycles. The van der Waals surface area contributed by atoms with Crippen LogP contribution in [0.2, 0.25) is 0 Å². The number of nitrogens with zero attached hydrogens (tertiary/aromatic N) is 2. The van der Waals surface area contributed by atoms with Crippen molar-refractivity contribution in [2.24, 2.45) is 0 Å². The molecule has 2 rings (SSSR count). The van der Waals surface area contributed by atoms with Crippen LogP contribution in [0.1, 0.15) is 17.5 Å². The molecule has 0 bridgehead atoms. The summed E-state index contributed by atoms with van der Waals surface area (Å²) in [4.78, 5) is -0.0311. The van der Waals surface area contributed by atoms with Crippen LogP contribution >= 0.6 is 23.1 Å². The van der Waals surface area contributed by atoms with E-state index in [4.69, 9.17) is 0 Å². The Bertz CT molecular complexity index is 549. The Morgan fingerprint density at radius 1 is 1.26 bits per heavy atom. The van der Waals surface area contributed by atoms with Crippen LogP contribution in [-0.2, 0) is 6.54 Å². The van der Waals surface area contributed by atoms with E-state index in [2.05, 4.69) is 15.5 Å². The van der Waals surface area contributed by atoms with Gasteiger partial charge >= 0.3 is 0 Å². The second-order valence-corrected chi connectivity index (χ2v) is 6.30. The monoisotopic (exact) mass is 301 g/mol. The molecular weight excluding hydrogens is 288 g/mol. The molecule has 1 heterocycles. The fraction of sp³-hybridized carbons (Fsp3) is 0.333. The van der Waals surface area contributed by atoms with E-state index in [1.807, 2.05) is 6.92 Å². The first-order chi connectivity index (χ1) is 9.10. The van der Waals surface area contributed by atoms with Crippen molar-refractivity contribution in [2.45, 2.75) is 29.6 Å². The van der Waals surface area contributed by atoms with Gasteiger partial charge in [0.1, 0.15) is 16.6 Å². The van der Waals surface area contributed by atoms with Gasteiger partial charge in [-0.3, -0.25) is 0 Å². The molecule has 1 N–H and O–H groups in total. The van der Waals surface area contributed by atoms with Gasteiger partial charge in [-0.05, 0) is 31.2 Å². The molecule has 1 aromatic carbocycles. The minimum Gasteiger partial charge on any atom is -0.313 e. The molecule has 0 fully saturated rings. The molecule has 3 nitrogen and oxygen atoms in total. The highest BCUT2D eigenvalue weighted by Crippen LogP contribution is 2.34. The van der Waals surface area contributed by atoms with Crippen molar-refractivity contribution >= 4 is 23.1 Å². The summed E-state index contributed by atoms with van der Waals surface area (Å²) in [5.74, 6) is -1.13. The molecule has 0 spiro atoms. The number of nitrogens with one attached hydrogen (secondary N) is 1. The lowest BCUT2D eigenvalue weighted by Crippen LogP contribution is -2.12. The number of aryl methyl sites for hydroxylation is 1. The molecule has 2 aromatic rings. The van der Waals surface area contributed by atoms with Crippen molar-refractivity contribution in [2.75, 3.05) is 6.54 Å². The first-order valence-corrected chi connectivity index (χ1v) is 7.40. The molecule has 102 valence electrons. The molecule has 0 aliphatic heterocycles. The van der Waals surface area contributed by atoms with Crippen LogP contribution in [0.25, 0.3) is 0 Å². The van der Waals surface area contributed by atoms with Crippen molar-refractivity contribution < 1.29 is 8.78 Å². The summed E-state index contributed by atoms with van der Waals surface area (Å²) in [6, 6.07) is 2.70. The lowest BCUT2D eigenvalue weighted by atomic mass is 10.2. The zero-order valence-corrected chi connectivity index (χ0v) is 12.2. The van der Waals surface area contributed by atoms with E-state index in [-0.39, 0.29) is 4.90 Å². The SMILES string of the molecule is CCNCc1cc(F)c(Sc2nnc(C)s2)c(F)c1. The van der Waals surface area contributed by atoms with Crippen molar-refractivity contribution in [1.82, 2.24) is 15.5 Å². The summed E-state index contributed by atoms with van der Waals surface area (Å²) in [6.45, 7) is 4.94. The highest BCUT2D eigenvalue weighted by molar-refractivity contribution is 8.01. The van der Waals surface area contributed by atoms with Gasteiger partial charge in [-0.1, -0.05) is 30.0 Å². The second kappa shape index (κ2) is 6.40. The van der Waals surface area contributed by atoms with Gasteiger partial charge in [0.25, 0.3) is 0 Å². The summed E-state index contributed by atoms with van der Waals surface area (Å²) < 4.78 is 28.3. The van der Waals surface area contributed by atoms with E-state index in [0.29, 0.717) is 16.4 Å². The third-order valence-electron chi connectivity index (χ3n) is 2.33. The molecule has 19 heavy (non-hydrogen) atoms. The van der Waals surface area contributed by atoms with Gasteiger partial charge in [0.15, 0.2) is 4.34 Å². The van der Waals surface area contributed by atoms with Gasteiger partial charge in [0.05, 0.1) is 4.90 Å². The minimum absolute atomic E-state index is 0.0311. The Morgan fingerprint density at radius 3 is 2.47 bits per heavy atom. The third kappa shape index (κ3) is 3.71.